The van der Waals surface area contributed by atoms with Crippen LogP contribution in [0.5, 0.6) is 5.75 Å². The Bertz CT molecular complexity index is 1480. The summed E-state index contributed by atoms with van der Waals surface area (Å²) in [6.45, 7) is -1.70. The van der Waals surface area contributed by atoms with E-state index in [1.165, 1.54) is 12.1 Å². The Morgan fingerprint density at radius 3 is 2.40 bits per heavy atom. The van der Waals surface area contributed by atoms with Crippen molar-refractivity contribution < 1.29 is 35.5 Å². The third-order valence-electron chi connectivity index (χ3n) is 5.19. The molecule has 4 rings (SSSR count). The smallest absolute Gasteiger partial charge is 0.422 e. The number of Topliss-reactive ketones (excluding diaryl/α,β-unsaturated/α-hetero) is 1. The third-order valence-corrected chi connectivity index (χ3v) is 6.96. The highest BCUT2D eigenvalue weighted by Crippen LogP contribution is 2.27. The summed E-state index contributed by atoms with van der Waals surface area (Å²) in [5, 5.41) is 0. The minimum Gasteiger partial charge on any atom is -0.481 e. The molecule has 2 heterocycles. The fraction of sp³-hybridized carbons (Fsp3) is 0.167. The van der Waals surface area contributed by atoms with Crippen LogP contribution in [0.2, 0.25) is 0 Å². The number of benzene rings is 2. The molecule has 2 aromatic heterocycles. The van der Waals surface area contributed by atoms with Crippen molar-refractivity contribution in [2.24, 2.45) is 0 Å². The zero-order valence-corrected chi connectivity index (χ0v) is 18.8. The lowest BCUT2D eigenvalue weighted by atomic mass is 10.0. The highest BCUT2D eigenvalue weighted by Gasteiger charge is 2.29. The predicted molar refractivity (Wildman–Crippen MR) is 118 cm³/mol. The molecule has 35 heavy (non-hydrogen) atoms. The molecule has 0 saturated heterocycles. The normalized spacial score (nSPS) is 12.1. The Morgan fingerprint density at radius 1 is 1.00 bits per heavy atom. The van der Waals surface area contributed by atoms with Crippen LogP contribution in [0.15, 0.2) is 83.0 Å². The number of carbonyl (C=O) groups is 1. The van der Waals surface area contributed by atoms with Crippen molar-refractivity contribution in [3.63, 3.8) is 0 Å². The maximum Gasteiger partial charge on any atom is 0.422 e. The largest absolute Gasteiger partial charge is 0.481 e. The van der Waals surface area contributed by atoms with Crippen LogP contribution in [-0.2, 0) is 16.3 Å². The van der Waals surface area contributed by atoms with Crippen LogP contribution in [0, 0.1) is 5.82 Å². The first-order chi connectivity index (χ1) is 16.5. The molecule has 182 valence electrons. The average Bonchev–Trinajstić information content (AvgIpc) is 3.29. The second-order valence-corrected chi connectivity index (χ2v) is 9.63. The lowest BCUT2D eigenvalue weighted by molar-refractivity contribution is -0.153. The van der Waals surface area contributed by atoms with Crippen molar-refractivity contribution in [2.75, 3.05) is 6.61 Å². The van der Waals surface area contributed by atoms with Crippen molar-refractivity contribution in [1.29, 1.82) is 0 Å². The van der Waals surface area contributed by atoms with Gasteiger partial charge in [-0.2, -0.15) is 13.2 Å². The number of alkyl halides is 3. The Hall–Kier alpha value is -3.73. The van der Waals surface area contributed by atoms with Gasteiger partial charge < -0.3 is 9.14 Å². The predicted octanol–water partition coefficient (Wildman–Crippen LogP) is 5.06. The molecule has 0 spiro atoms. The van der Waals surface area contributed by atoms with Gasteiger partial charge in [0.05, 0.1) is 9.79 Å². The number of aryl methyl sites for hydroxylation is 1. The van der Waals surface area contributed by atoms with Gasteiger partial charge in [-0.25, -0.2) is 17.8 Å². The average molecular weight is 506 g/mol. The SMILES string of the molecule is O=C(CCc1ccc(S(=O)(=O)c2ccc(OCC(F)(F)F)c(F)c2)cc1)c1ccc2nccn2c1. The Morgan fingerprint density at radius 2 is 1.71 bits per heavy atom. The van der Waals surface area contributed by atoms with E-state index in [9.17, 15) is 30.8 Å². The minimum absolute atomic E-state index is 0.0828. The third kappa shape index (κ3) is 5.68. The molecule has 0 aliphatic rings. The van der Waals surface area contributed by atoms with Crippen molar-refractivity contribution in [1.82, 2.24) is 9.38 Å². The molecule has 0 N–H and O–H groups in total. The molecule has 4 aromatic rings. The van der Waals surface area contributed by atoms with Gasteiger partial charge >= 0.3 is 6.18 Å². The molecule has 0 aliphatic carbocycles. The zero-order chi connectivity index (χ0) is 25.2. The summed E-state index contributed by atoms with van der Waals surface area (Å²) in [6.07, 6.45) is 0.984. The van der Waals surface area contributed by atoms with Crippen LogP contribution in [-0.4, -0.2) is 36.4 Å². The lowest BCUT2D eigenvalue weighted by Crippen LogP contribution is -2.19. The van der Waals surface area contributed by atoms with E-state index in [1.807, 2.05) is 0 Å². The maximum atomic E-state index is 14.1. The van der Waals surface area contributed by atoms with E-state index in [0.717, 1.165) is 23.3 Å². The van der Waals surface area contributed by atoms with E-state index in [4.69, 9.17) is 0 Å². The fourth-order valence-electron chi connectivity index (χ4n) is 3.38. The highest BCUT2D eigenvalue weighted by molar-refractivity contribution is 7.91. The molecule has 0 aliphatic heterocycles. The number of hydrogen-bond acceptors (Lipinski definition) is 5. The van der Waals surface area contributed by atoms with E-state index in [-0.39, 0.29) is 17.1 Å². The molecule has 6 nitrogen and oxygen atoms in total. The quantitative estimate of drug-likeness (QED) is 0.247. The summed E-state index contributed by atoms with van der Waals surface area (Å²) in [5.41, 5.74) is 1.98. The Kier molecular flexibility index (Phi) is 6.62. The van der Waals surface area contributed by atoms with Gasteiger partial charge in [-0.15, -0.1) is 0 Å². The zero-order valence-electron chi connectivity index (χ0n) is 18.0. The van der Waals surface area contributed by atoms with Crippen LogP contribution >= 0.6 is 0 Å². The van der Waals surface area contributed by atoms with E-state index < -0.39 is 39.1 Å². The summed E-state index contributed by atoms with van der Waals surface area (Å²) in [6, 6.07) is 11.6. The number of nitrogens with zero attached hydrogens (tertiary/aromatic N) is 2. The topological polar surface area (TPSA) is 77.7 Å². The molecule has 11 heteroatoms. The molecule has 2 aromatic carbocycles. The minimum atomic E-state index is -4.66. The second-order valence-electron chi connectivity index (χ2n) is 7.68. The van der Waals surface area contributed by atoms with Gasteiger partial charge in [-0.3, -0.25) is 4.79 Å². The van der Waals surface area contributed by atoms with Gasteiger partial charge in [0.25, 0.3) is 0 Å². The number of halogens is 4. The summed E-state index contributed by atoms with van der Waals surface area (Å²) in [5.74, 6) is -2.01. The number of ketones is 1. The molecule has 0 atom stereocenters. The van der Waals surface area contributed by atoms with Crippen molar-refractivity contribution in [2.45, 2.75) is 28.8 Å². The number of imidazole rings is 1. The monoisotopic (exact) mass is 506 g/mol. The number of fused-ring (bicyclic) bond motifs is 1. The molecule has 0 fully saturated rings. The van der Waals surface area contributed by atoms with E-state index >= 15 is 0 Å². The lowest BCUT2D eigenvalue weighted by Gasteiger charge is -2.11. The summed E-state index contributed by atoms with van der Waals surface area (Å²) in [4.78, 5) is 16.1. The fourth-order valence-corrected chi connectivity index (χ4v) is 4.66. The Balaban J connectivity index is 1.42. The van der Waals surface area contributed by atoms with E-state index in [1.54, 1.807) is 47.3 Å². The van der Waals surface area contributed by atoms with Crippen molar-refractivity contribution >= 4 is 21.3 Å². The van der Waals surface area contributed by atoms with Crippen LogP contribution in [0.4, 0.5) is 17.6 Å². The summed E-state index contributed by atoms with van der Waals surface area (Å²) in [7, 11) is -4.12. The van der Waals surface area contributed by atoms with Crippen LogP contribution in [0.25, 0.3) is 5.65 Å². The van der Waals surface area contributed by atoms with Gasteiger partial charge in [0.15, 0.2) is 24.0 Å². The molecule has 0 bridgehead atoms. The van der Waals surface area contributed by atoms with Crippen molar-refractivity contribution in [3.05, 3.63) is 90.1 Å². The van der Waals surface area contributed by atoms with Gasteiger partial charge in [0, 0.05) is 30.6 Å². The Labute approximate surface area is 197 Å². The van der Waals surface area contributed by atoms with Crippen LogP contribution in [0.3, 0.4) is 0 Å². The van der Waals surface area contributed by atoms with Gasteiger partial charge in [0.2, 0.25) is 9.84 Å². The van der Waals surface area contributed by atoms with Gasteiger partial charge in [-0.1, -0.05) is 12.1 Å². The number of rotatable bonds is 8. The van der Waals surface area contributed by atoms with E-state index in [2.05, 4.69) is 9.72 Å². The second kappa shape index (κ2) is 9.49. The summed E-state index contributed by atoms with van der Waals surface area (Å²) >= 11 is 0. The first-order valence-corrected chi connectivity index (χ1v) is 11.8. The summed E-state index contributed by atoms with van der Waals surface area (Å²) < 4.78 is 82.6. The number of hydrogen-bond donors (Lipinski definition) is 0. The van der Waals surface area contributed by atoms with Gasteiger partial charge in [0.1, 0.15) is 5.65 Å². The first-order valence-electron chi connectivity index (χ1n) is 10.3. The standard InChI is InChI=1S/C24H18F4N2O4S/c25-20-13-19(7-9-22(20)34-15-24(26,27)28)35(32,33)18-5-1-16(2-6-18)3-8-21(31)17-4-10-23-29-11-12-30(23)14-17/h1-2,4-7,9-14H,3,8,15H2. The number of pyridine rings is 1. The van der Waals surface area contributed by atoms with Gasteiger partial charge in [-0.05, 0) is 54.4 Å². The molecule has 0 saturated carbocycles. The number of carbonyl (C=O) groups excluding carboxylic acids is 1. The molecule has 0 amide bonds. The molecular weight excluding hydrogens is 488 g/mol. The molecule has 0 unspecified atom stereocenters. The number of aromatic nitrogens is 2. The molecular formula is C24H18F4N2O4S. The number of ether oxygens (including phenoxy) is 1. The maximum absolute atomic E-state index is 14.1. The van der Waals surface area contributed by atoms with Crippen molar-refractivity contribution in [3.8, 4) is 5.75 Å². The molecule has 0 radical (unpaired) electrons. The van der Waals surface area contributed by atoms with E-state index in [0.29, 0.717) is 18.1 Å². The highest BCUT2D eigenvalue weighted by atomic mass is 32.2. The van der Waals surface area contributed by atoms with Crippen LogP contribution < -0.4 is 4.74 Å². The van der Waals surface area contributed by atoms with Crippen LogP contribution in [0.1, 0.15) is 22.3 Å². The first kappa shape index (κ1) is 24.4. The number of sulfone groups is 1.